The fourth-order valence-corrected chi connectivity index (χ4v) is 1.23. The molecule has 0 fully saturated rings. The van der Waals surface area contributed by atoms with Crippen LogP contribution in [0.2, 0.25) is 0 Å². The lowest BCUT2D eigenvalue weighted by atomic mass is 10.2. The van der Waals surface area contributed by atoms with Crippen molar-refractivity contribution in [3.05, 3.63) is 41.7 Å². The maximum absolute atomic E-state index is 10.9. The van der Waals surface area contributed by atoms with Crippen molar-refractivity contribution in [3.63, 3.8) is 0 Å². The van der Waals surface area contributed by atoms with Gasteiger partial charge in [-0.05, 0) is 18.6 Å². The number of rotatable bonds is 3. The van der Waals surface area contributed by atoms with E-state index >= 15 is 0 Å². The second kappa shape index (κ2) is 5.66. The molecule has 15 heavy (non-hydrogen) atoms. The van der Waals surface area contributed by atoms with Gasteiger partial charge in [-0.1, -0.05) is 6.58 Å². The molecule has 0 radical (unpaired) electrons. The van der Waals surface area contributed by atoms with E-state index in [1.54, 1.807) is 12.3 Å². The zero-order valence-electron chi connectivity index (χ0n) is 8.96. The molecule has 0 aromatic carbocycles. The minimum atomic E-state index is -0.402. The number of hydrogen-bond acceptors (Lipinski definition) is 1. The lowest BCUT2D eigenvalue weighted by Gasteiger charge is -2.01. The zero-order valence-corrected chi connectivity index (χ0v) is 10.5. The largest absolute Gasteiger partial charge is 1.00 e. The van der Waals surface area contributed by atoms with Gasteiger partial charge in [0.05, 0.1) is 0 Å². The topological polar surface area (TPSA) is 47.0 Å². The van der Waals surface area contributed by atoms with Crippen molar-refractivity contribution in [2.45, 2.75) is 20.4 Å². The van der Waals surface area contributed by atoms with Crippen LogP contribution < -0.4 is 27.3 Å². The van der Waals surface area contributed by atoms with Crippen LogP contribution >= 0.6 is 0 Å². The number of hydrogen-bond donors (Lipinski definition) is 1. The van der Waals surface area contributed by atoms with Crippen LogP contribution in [0.1, 0.15) is 23.0 Å². The Labute approximate surface area is 100 Å². The van der Waals surface area contributed by atoms with Crippen molar-refractivity contribution in [2.75, 3.05) is 0 Å². The summed E-state index contributed by atoms with van der Waals surface area (Å²) in [6.07, 6.45) is 1.76. The highest BCUT2D eigenvalue weighted by Crippen LogP contribution is 1.98. The molecule has 0 saturated carbocycles. The molecule has 1 heterocycles. The van der Waals surface area contributed by atoms with E-state index in [1.165, 1.54) is 0 Å². The number of pyridine rings is 1. The molecule has 0 aliphatic carbocycles. The Morgan fingerprint density at radius 2 is 2.13 bits per heavy atom. The first kappa shape index (κ1) is 13.8. The molecule has 0 atom stereocenters. The summed E-state index contributed by atoms with van der Waals surface area (Å²) >= 11 is 0. The highest BCUT2D eigenvalue weighted by molar-refractivity contribution is 5.92. The van der Waals surface area contributed by atoms with Crippen LogP contribution in [0.5, 0.6) is 0 Å². The number of halogens is 1. The molecule has 82 valence electrons. The minimum Gasteiger partial charge on any atom is -1.00 e. The average Bonchev–Trinajstić information content (AvgIpc) is 2.07. The van der Waals surface area contributed by atoms with Crippen LogP contribution in [0.4, 0.5) is 0 Å². The van der Waals surface area contributed by atoms with Gasteiger partial charge >= 0.3 is 0 Å². The van der Waals surface area contributed by atoms with Gasteiger partial charge in [0.15, 0.2) is 18.4 Å². The van der Waals surface area contributed by atoms with Crippen molar-refractivity contribution < 1.29 is 26.3 Å². The summed E-state index contributed by atoms with van der Waals surface area (Å²) < 4.78 is 1.96. The van der Waals surface area contributed by atoms with Crippen molar-refractivity contribution in [3.8, 4) is 0 Å². The van der Waals surface area contributed by atoms with Crippen LogP contribution in [0, 0.1) is 6.92 Å². The number of primary amides is 1. The van der Waals surface area contributed by atoms with E-state index in [2.05, 4.69) is 6.58 Å². The highest BCUT2D eigenvalue weighted by Gasteiger charge is 2.10. The predicted molar refractivity (Wildman–Crippen MR) is 54.7 cm³/mol. The summed E-state index contributed by atoms with van der Waals surface area (Å²) in [4.78, 5) is 10.9. The molecule has 2 N–H and O–H groups in total. The summed E-state index contributed by atoms with van der Waals surface area (Å²) in [7, 11) is 0. The first-order valence-electron chi connectivity index (χ1n) is 4.45. The van der Waals surface area contributed by atoms with Gasteiger partial charge in [0.1, 0.15) is 5.56 Å². The van der Waals surface area contributed by atoms with Crippen molar-refractivity contribution in [2.24, 2.45) is 5.73 Å². The maximum Gasteiger partial charge on any atom is 0.254 e. The smallest absolute Gasteiger partial charge is 0.254 e. The molecule has 1 rings (SSSR count). The van der Waals surface area contributed by atoms with Crippen LogP contribution in [0.25, 0.3) is 0 Å². The normalized spacial score (nSPS) is 9.20. The van der Waals surface area contributed by atoms with E-state index in [0.29, 0.717) is 12.1 Å². The Kier molecular flexibility index (Phi) is 5.22. The van der Waals surface area contributed by atoms with Crippen LogP contribution in [-0.2, 0) is 6.54 Å². The fourth-order valence-electron chi connectivity index (χ4n) is 1.23. The third-order valence-electron chi connectivity index (χ3n) is 1.98. The number of carbonyl (C=O) groups excluding carboxylic acids is 1. The predicted octanol–water partition coefficient (Wildman–Crippen LogP) is -2.04. The van der Waals surface area contributed by atoms with E-state index in [9.17, 15) is 4.79 Å². The Bertz CT molecular complexity index is 388. The van der Waals surface area contributed by atoms with Gasteiger partial charge in [0, 0.05) is 13.0 Å². The Morgan fingerprint density at radius 3 is 2.60 bits per heavy atom. The summed E-state index contributed by atoms with van der Waals surface area (Å²) in [6.45, 7) is 8.47. The number of nitrogens with zero attached hydrogens (tertiary/aromatic N) is 1. The molecule has 0 spiro atoms. The van der Waals surface area contributed by atoms with Crippen LogP contribution in [-0.4, -0.2) is 5.91 Å². The van der Waals surface area contributed by atoms with Gasteiger partial charge < -0.3 is 22.7 Å². The zero-order chi connectivity index (χ0) is 10.7. The second-order valence-corrected chi connectivity index (χ2v) is 3.51. The van der Waals surface area contributed by atoms with Gasteiger partial charge in [-0.3, -0.25) is 4.79 Å². The van der Waals surface area contributed by atoms with Gasteiger partial charge in [0.2, 0.25) is 0 Å². The number of allylic oxidation sites excluding steroid dienone is 1. The van der Waals surface area contributed by atoms with E-state index in [-0.39, 0.29) is 17.0 Å². The summed E-state index contributed by atoms with van der Waals surface area (Å²) in [5, 5.41) is 0. The quantitative estimate of drug-likeness (QED) is 0.500. The lowest BCUT2D eigenvalue weighted by molar-refractivity contribution is -0.695. The van der Waals surface area contributed by atoms with Crippen molar-refractivity contribution in [1.29, 1.82) is 0 Å². The third kappa shape index (κ3) is 3.83. The summed E-state index contributed by atoms with van der Waals surface area (Å²) in [5.41, 5.74) is 7.84. The number of aromatic nitrogens is 1. The van der Waals surface area contributed by atoms with Gasteiger partial charge in [-0.2, -0.15) is 4.57 Å². The lowest BCUT2D eigenvalue weighted by Crippen LogP contribution is -3.00. The molecular formula is C11H15BrN2O. The fraction of sp³-hybridized carbons (Fsp3) is 0.273. The van der Waals surface area contributed by atoms with Gasteiger partial charge in [0.25, 0.3) is 5.91 Å². The number of aryl methyl sites for hydroxylation is 1. The van der Waals surface area contributed by atoms with Crippen LogP contribution in [0.15, 0.2) is 30.5 Å². The minimum absolute atomic E-state index is 0. The molecule has 1 aromatic rings. The van der Waals surface area contributed by atoms with Crippen molar-refractivity contribution >= 4 is 5.91 Å². The van der Waals surface area contributed by atoms with Crippen molar-refractivity contribution in [1.82, 2.24) is 0 Å². The standard InChI is InChI=1S/C11H14N2O.BrH/c1-8(2)6-13-7-10(11(12)14)5-4-9(13)3;/h4-5,7H,1,6H2,2-3H3,(H-,12,14);1H. The second-order valence-electron chi connectivity index (χ2n) is 3.51. The first-order chi connectivity index (χ1) is 6.50. The molecular weight excluding hydrogens is 256 g/mol. The molecule has 1 aromatic heterocycles. The summed E-state index contributed by atoms with van der Waals surface area (Å²) in [6, 6.07) is 3.61. The Hall–Kier alpha value is -1.16. The molecule has 0 aliphatic heterocycles. The van der Waals surface area contributed by atoms with E-state index in [0.717, 1.165) is 11.3 Å². The molecule has 0 bridgehead atoms. The molecule has 3 nitrogen and oxygen atoms in total. The molecule has 4 heteroatoms. The third-order valence-corrected chi connectivity index (χ3v) is 1.98. The SMILES string of the molecule is C=C(C)C[n+]1cc(C(N)=O)ccc1C.[Br-]. The Morgan fingerprint density at radius 1 is 1.53 bits per heavy atom. The monoisotopic (exact) mass is 270 g/mol. The van der Waals surface area contributed by atoms with Gasteiger partial charge in [-0.25, -0.2) is 0 Å². The molecule has 0 unspecified atom stereocenters. The van der Waals surface area contributed by atoms with Gasteiger partial charge in [-0.15, -0.1) is 0 Å². The molecule has 0 saturated heterocycles. The number of nitrogens with two attached hydrogens (primary N) is 1. The maximum atomic E-state index is 10.9. The van der Waals surface area contributed by atoms with E-state index in [1.807, 2.05) is 24.5 Å². The molecule has 0 aliphatic rings. The highest BCUT2D eigenvalue weighted by atomic mass is 79.9. The number of carbonyl (C=O) groups is 1. The first-order valence-corrected chi connectivity index (χ1v) is 4.45. The summed E-state index contributed by atoms with van der Waals surface area (Å²) in [5.74, 6) is -0.402. The van der Waals surface area contributed by atoms with Crippen LogP contribution in [0.3, 0.4) is 0 Å². The molecule has 1 amide bonds. The Balaban J connectivity index is 0.00000196. The van der Waals surface area contributed by atoms with E-state index in [4.69, 9.17) is 5.73 Å². The average molecular weight is 271 g/mol. The number of amides is 1. The van der Waals surface area contributed by atoms with E-state index < -0.39 is 5.91 Å².